The van der Waals surface area contributed by atoms with Gasteiger partial charge in [-0.15, -0.1) is 22.7 Å². The van der Waals surface area contributed by atoms with Crippen LogP contribution in [-0.2, 0) is 25.8 Å². The molecule has 0 radical (unpaired) electrons. The molecule has 8 heteroatoms. The zero-order valence-electron chi connectivity index (χ0n) is 16.6. The summed E-state index contributed by atoms with van der Waals surface area (Å²) in [4.78, 5) is 33.9. The Morgan fingerprint density at radius 2 is 1.97 bits per heavy atom. The van der Waals surface area contributed by atoms with Crippen LogP contribution in [0.25, 0.3) is 10.2 Å². The number of hydrogen-bond acceptors (Lipinski definition) is 6. The van der Waals surface area contributed by atoms with E-state index in [2.05, 4.69) is 28.1 Å². The minimum Gasteiger partial charge on any atom is -0.292 e. The van der Waals surface area contributed by atoms with Crippen molar-refractivity contribution in [2.24, 2.45) is 0 Å². The van der Waals surface area contributed by atoms with Crippen molar-refractivity contribution in [3.63, 3.8) is 0 Å². The van der Waals surface area contributed by atoms with Crippen molar-refractivity contribution in [3.8, 4) is 0 Å². The van der Waals surface area contributed by atoms with Gasteiger partial charge in [0.1, 0.15) is 4.83 Å². The van der Waals surface area contributed by atoms with E-state index >= 15 is 0 Å². The van der Waals surface area contributed by atoms with Crippen molar-refractivity contribution in [1.82, 2.24) is 9.55 Å². The number of rotatable bonds is 7. The fraction of sp³-hybridized carbons (Fsp3) is 0.261. The van der Waals surface area contributed by atoms with Gasteiger partial charge < -0.3 is 0 Å². The van der Waals surface area contributed by atoms with Gasteiger partial charge in [-0.25, -0.2) is 4.98 Å². The summed E-state index contributed by atoms with van der Waals surface area (Å²) in [5.41, 5.74) is 2.41. The molecular formula is C23H19BrN2O2S3. The smallest absolute Gasteiger partial charge is 0.263 e. The number of nitrogens with zero attached hydrogens (tertiary/aromatic N) is 2. The molecule has 158 valence electrons. The Kier molecular flexibility index (Phi) is 6.14. The minimum absolute atomic E-state index is 0.0362. The molecule has 31 heavy (non-hydrogen) atoms. The summed E-state index contributed by atoms with van der Waals surface area (Å²) >= 11 is 7.85. The Hall–Kier alpha value is -1.74. The zero-order valence-corrected chi connectivity index (χ0v) is 20.6. The maximum absolute atomic E-state index is 13.5. The van der Waals surface area contributed by atoms with Gasteiger partial charge in [0.2, 0.25) is 0 Å². The second-order valence-corrected chi connectivity index (χ2v) is 11.9. The molecule has 0 N–H and O–H groups in total. The number of benzene rings is 1. The first kappa shape index (κ1) is 21.1. The molecule has 0 unspecified atom stereocenters. The number of thioether (sulfide) groups is 1. The zero-order chi connectivity index (χ0) is 21.4. The van der Waals surface area contributed by atoms with E-state index in [1.54, 1.807) is 15.9 Å². The lowest BCUT2D eigenvalue weighted by Gasteiger charge is -2.12. The van der Waals surface area contributed by atoms with Gasteiger partial charge in [-0.2, -0.15) is 0 Å². The summed E-state index contributed by atoms with van der Waals surface area (Å²) < 4.78 is 2.72. The molecule has 0 atom stereocenters. The number of fused-ring (bicyclic) bond motifs is 3. The number of halogens is 1. The summed E-state index contributed by atoms with van der Waals surface area (Å²) in [5, 5.41) is 1.43. The van der Waals surface area contributed by atoms with Gasteiger partial charge in [0, 0.05) is 11.4 Å². The van der Waals surface area contributed by atoms with E-state index in [0.717, 1.165) is 39.7 Å². The van der Waals surface area contributed by atoms with E-state index in [4.69, 9.17) is 4.98 Å². The molecule has 0 amide bonds. The van der Waals surface area contributed by atoms with Crippen LogP contribution in [-0.4, -0.2) is 21.1 Å². The number of thiophene rings is 2. The highest BCUT2D eigenvalue weighted by Gasteiger charge is 2.23. The molecule has 0 aliphatic heterocycles. The van der Waals surface area contributed by atoms with Crippen LogP contribution >= 0.6 is 50.4 Å². The van der Waals surface area contributed by atoms with Crippen molar-refractivity contribution in [1.29, 1.82) is 0 Å². The van der Waals surface area contributed by atoms with E-state index in [9.17, 15) is 9.59 Å². The first-order valence-corrected chi connectivity index (χ1v) is 13.5. The highest BCUT2D eigenvalue weighted by molar-refractivity contribution is 9.11. The predicted octanol–water partition coefficient (Wildman–Crippen LogP) is 5.99. The van der Waals surface area contributed by atoms with Gasteiger partial charge in [0.05, 0.1) is 19.8 Å². The average molecular weight is 532 g/mol. The van der Waals surface area contributed by atoms with Crippen LogP contribution in [0.1, 0.15) is 32.1 Å². The Morgan fingerprint density at radius 3 is 2.74 bits per heavy atom. The van der Waals surface area contributed by atoms with Gasteiger partial charge in [-0.3, -0.25) is 14.2 Å². The van der Waals surface area contributed by atoms with Gasteiger partial charge in [0.25, 0.3) is 5.56 Å². The summed E-state index contributed by atoms with van der Waals surface area (Å²) in [6, 6.07) is 13.9. The van der Waals surface area contributed by atoms with Crippen LogP contribution in [0.2, 0.25) is 0 Å². The van der Waals surface area contributed by atoms with Crippen molar-refractivity contribution in [3.05, 3.63) is 77.5 Å². The van der Waals surface area contributed by atoms with Crippen LogP contribution in [0.15, 0.2) is 56.2 Å². The normalized spacial score (nSPS) is 13.1. The predicted molar refractivity (Wildman–Crippen MR) is 133 cm³/mol. The molecule has 1 aromatic carbocycles. The molecular weight excluding hydrogens is 512 g/mol. The minimum atomic E-state index is 0.0362. The van der Waals surface area contributed by atoms with E-state index in [0.29, 0.717) is 16.6 Å². The topological polar surface area (TPSA) is 52.0 Å². The lowest BCUT2D eigenvalue weighted by atomic mass is 10.1. The van der Waals surface area contributed by atoms with E-state index in [-0.39, 0.29) is 17.1 Å². The molecule has 5 rings (SSSR count). The van der Waals surface area contributed by atoms with E-state index in [1.165, 1.54) is 39.1 Å². The van der Waals surface area contributed by atoms with Crippen LogP contribution in [0.3, 0.4) is 0 Å². The van der Waals surface area contributed by atoms with Crippen LogP contribution in [0, 0.1) is 0 Å². The lowest BCUT2D eigenvalue weighted by molar-refractivity contribution is 0.102. The monoisotopic (exact) mass is 530 g/mol. The number of hydrogen-bond donors (Lipinski definition) is 0. The lowest BCUT2D eigenvalue weighted by Crippen LogP contribution is -2.24. The number of aromatic nitrogens is 2. The summed E-state index contributed by atoms with van der Waals surface area (Å²) in [6.07, 6.45) is 3.86. The first-order chi connectivity index (χ1) is 15.1. The fourth-order valence-corrected chi connectivity index (χ4v) is 7.54. The fourth-order valence-electron chi connectivity index (χ4n) is 3.92. The molecule has 4 aromatic rings. The molecule has 0 bridgehead atoms. The van der Waals surface area contributed by atoms with Gasteiger partial charge in [-0.05, 0) is 64.9 Å². The van der Waals surface area contributed by atoms with Crippen molar-refractivity contribution in [2.45, 2.75) is 37.4 Å². The maximum atomic E-state index is 13.5. The number of carbonyl (C=O) groups is 1. The number of ketones is 1. The third-order valence-corrected chi connectivity index (χ3v) is 9.26. The highest BCUT2D eigenvalue weighted by atomic mass is 79.9. The van der Waals surface area contributed by atoms with Crippen molar-refractivity contribution >= 4 is 66.4 Å². The third kappa shape index (κ3) is 4.31. The Labute approximate surface area is 200 Å². The van der Waals surface area contributed by atoms with Gasteiger partial charge in [0.15, 0.2) is 10.9 Å². The van der Waals surface area contributed by atoms with E-state index in [1.807, 2.05) is 30.3 Å². The Morgan fingerprint density at radius 1 is 1.13 bits per heavy atom. The SMILES string of the molecule is O=C(CSc1nc2sc3c(c2c(=O)n1CCc1ccccc1)CCC3)c1ccc(Br)s1. The second kappa shape index (κ2) is 9.02. The molecule has 0 fully saturated rings. The first-order valence-electron chi connectivity index (χ1n) is 10.1. The highest BCUT2D eigenvalue weighted by Crippen LogP contribution is 2.35. The van der Waals surface area contributed by atoms with Crippen molar-refractivity contribution in [2.75, 3.05) is 5.75 Å². The number of aryl methyl sites for hydroxylation is 3. The van der Waals surface area contributed by atoms with E-state index < -0.39 is 0 Å². The summed E-state index contributed by atoms with van der Waals surface area (Å²) in [6.45, 7) is 0.553. The summed E-state index contributed by atoms with van der Waals surface area (Å²) in [7, 11) is 0. The molecule has 0 saturated heterocycles. The molecule has 3 aromatic heterocycles. The largest absolute Gasteiger partial charge is 0.292 e. The molecule has 0 spiro atoms. The number of carbonyl (C=O) groups excluding carboxylic acids is 1. The molecule has 4 nitrogen and oxygen atoms in total. The van der Waals surface area contributed by atoms with Crippen molar-refractivity contribution < 1.29 is 4.79 Å². The maximum Gasteiger partial charge on any atom is 0.263 e. The molecule has 1 aliphatic rings. The van der Waals surface area contributed by atoms with Gasteiger partial charge in [-0.1, -0.05) is 42.1 Å². The summed E-state index contributed by atoms with van der Waals surface area (Å²) in [5.74, 6) is 0.319. The standard InChI is InChI=1S/C23H19BrN2O2S3/c24-19-10-9-18(30-19)16(27)13-29-23-25-21-20(15-7-4-8-17(15)31-21)22(28)26(23)12-11-14-5-2-1-3-6-14/h1-3,5-6,9-10H,4,7-8,11-13H2. The Balaban J connectivity index is 1.49. The van der Waals surface area contributed by atoms with Crippen LogP contribution < -0.4 is 5.56 Å². The average Bonchev–Trinajstić information content (AvgIpc) is 3.48. The molecule has 3 heterocycles. The second-order valence-electron chi connectivity index (χ2n) is 7.44. The van der Waals surface area contributed by atoms with Crippen LogP contribution in [0.5, 0.6) is 0 Å². The Bertz CT molecular complexity index is 1320. The third-order valence-electron chi connectivity index (χ3n) is 5.44. The number of Topliss-reactive ketones (excluding diaryl/α,β-unsaturated/α-hetero) is 1. The van der Waals surface area contributed by atoms with Crippen LogP contribution in [0.4, 0.5) is 0 Å². The molecule has 1 aliphatic carbocycles. The van der Waals surface area contributed by atoms with Gasteiger partial charge >= 0.3 is 0 Å². The quantitative estimate of drug-likeness (QED) is 0.167. The molecule has 0 saturated carbocycles.